The Balaban J connectivity index is 2.25. The van der Waals surface area contributed by atoms with Crippen molar-refractivity contribution in [2.24, 2.45) is 5.14 Å². The van der Waals surface area contributed by atoms with Gasteiger partial charge in [0.2, 0.25) is 10.0 Å². The molecule has 1 heterocycles. The van der Waals surface area contributed by atoms with Crippen molar-refractivity contribution in [2.75, 3.05) is 5.32 Å². The van der Waals surface area contributed by atoms with Crippen LogP contribution < -0.4 is 10.5 Å². The number of sulfonamides is 1. The smallest absolute Gasteiger partial charge is 0.255 e. The molecule has 0 aliphatic carbocycles. The number of pyridine rings is 1. The molecule has 2 rings (SSSR count). The van der Waals surface area contributed by atoms with Crippen molar-refractivity contribution < 1.29 is 17.6 Å². The van der Waals surface area contributed by atoms with Crippen molar-refractivity contribution in [1.29, 1.82) is 0 Å². The standard InChI is InChI=1S/C12H10FN3O3S/c13-10-7-9(20(14,18)19)1-2-11(10)16-12(17)8-3-5-15-6-4-8/h1-7H,(H,16,17)(H2,14,18,19). The van der Waals surface area contributed by atoms with Crippen LogP contribution in [0.1, 0.15) is 10.4 Å². The van der Waals surface area contributed by atoms with Crippen molar-refractivity contribution >= 4 is 21.6 Å². The highest BCUT2D eigenvalue weighted by atomic mass is 32.2. The summed E-state index contributed by atoms with van der Waals surface area (Å²) in [7, 11) is -3.98. The molecule has 0 aliphatic heterocycles. The van der Waals surface area contributed by atoms with Gasteiger partial charge in [0.1, 0.15) is 5.82 Å². The number of carbonyl (C=O) groups excluding carboxylic acids is 1. The van der Waals surface area contributed by atoms with Gasteiger partial charge in [-0.1, -0.05) is 0 Å². The summed E-state index contributed by atoms with van der Waals surface area (Å²) in [6.45, 7) is 0. The predicted octanol–water partition coefficient (Wildman–Crippen LogP) is 1.12. The van der Waals surface area contributed by atoms with Crippen LogP contribution in [0.15, 0.2) is 47.6 Å². The number of primary sulfonamides is 1. The zero-order valence-electron chi connectivity index (χ0n) is 10.1. The first kappa shape index (κ1) is 14.1. The van der Waals surface area contributed by atoms with E-state index in [0.717, 1.165) is 18.2 Å². The van der Waals surface area contributed by atoms with Crippen LogP contribution in [0, 0.1) is 5.82 Å². The second-order valence-corrected chi connectivity index (χ2v) is 5.44. The lowest BCUT2D eigenvalue weighted by Gasteiger charge is -2.07. The molecular formula is C12H10FN3O3S. The van der Waals surface area contributed by atoms with E-state index in [0.29, 0.717) is 5.56 Å². The van der Waals surface area contributed by atoms with Crippen molar-refractivity contribution in [1.82, 2.24) is 4.98 Å². The second-order valence-electron chi connectivity index (χ2n) is 3.88. The summed E-state index contributed by atoms with van der Waals surface area (Å²) in [5, 5.41) is 7.21. The summed E-state index contributed by atoms with van der Waals surface area (Å²) >= 11 is 0. The zero-order valence-corrected chi connectivity index (χ0v) is 10.9. The Morgan fingerprint density at radius 1 is 1.20 bits per heavy atom. The van der Waals surface area contributed by atoms with Gasteiger partial charge in [0.15, 0.2) is 0 Å². The number of hydrogen-bond donors (Lipinski definition) is 2. The molecule has 0 saturated carbocycles. The Labute approximate surface area is 114 Å². The van der Waals surface area contributed by atoms with Crippen LogP contribution in [0.25, 0.3) is 0 Å². The molecule has 0 saturated heterocycles. The van der Waals surface area contributed by atoms with E-state index in [1.807, 2.05) is 0 Å². The van der Waals surface area contributed by atoms with Gasteiger partial charge in [-0.25, -0.2) is 17.9 Å². The molecule has 1 amide bonds. The Hall–Kier alpha value is -2.32. The van der Waals surface area contributed by atoms with Gasteiger partial charge in [-0.05, 0) is 30.3 Å². The first-order chi connectivity index (χ1) is 9.38. The lowest BCUT2D eigenvalue weighted by molar-refractivity contribution is 0.102. The Bertz CT molecular complexity index is 748. The number of hydrogen-bond acceptors (Lipinski definition) is 4. The molecule has 0 atom stereocenters. The predicted molar refractivity (Wildman–Crippen MR) is 70.0 cm³/mol. The van der Waals surface area contributed by atoms with Gasteiger partial charge in [0.05, 0.1) is 10.6 Å². The Morgan fingerprint density at radius 3 is 2.40 bits per heavy atom. The number of anilines is 1. The molecule has 0 spiro atoms. The summed E-state index contributed by atoms with van der Waals surface area (Å²) in [6, 6.07) is 5.92. The van der Waals surface area contributed by atoms with Gasteiger partial charge < -0.3 is 5.32 Å². The minimum Gasteiger partial charge on any atom is -0.319 e. The molecular weight excluding hydrogens is 285 g/mol. The van der Waals surface area contributed by atoms with Gasteiger partial charge in [0, 0.05) is 18.0 Å². The van der Waals surface area contributed by atoms with Gasteiger partial charge in [-0.15, -0.1) is 0 Å². The van der Waals surface area contributed by atoms with Crippen LogP contribution >= 0.6 is 0 Å². The lowest BCUT2D eigenvalue weighted by atomic mass is 10.2. The maximum atomic E-state index is 13.7. The number of rotatable bonds is 3. The summed E-state index contributed by atoms with van der Waals surface area (Å²) in [4.78, 5) is 15.2. The average molecular weight is 295 g/mol. The Morgan fingerprint density at radius 2 is 1.85 bits per heavy atom. The largest absolute Gasteiger partial charge is 0.319 e. The molecule has 0 fully saturated rings. The first-order valence-corrected chi connectivity index (χ1v) is 6.96. The van der Waals surface area contributed by atoms with E-state index in [9.17, 15) is 17.6 Å². The maximum absolute atomic E-state index is 13.7. The third-order valence-corrected chi connectivity index (χ3v) is 3.37. The number of benzene rings is 1. The molecule has 0 radical (unpaired) electrons. The molecule has 1 aromatic heterocycles. The fourth-order valence-corrected chi connectivity index (χ4v) is 2.00. The van der Waals surface area contributed by atoms with Crippen LogP contribution in [0.5, 0.6) is 0 Å². The number of nitrogens with two attached hydrogens (primary N) is 1. The normalized spacial score (nSPS) is 11.1. The fraction of sp³-hybridized carbons (Fsp3) is 0. The van der Waals surface area contributed by atoms with E-state index < -0.39 is 21.7 Å². The number of amides is 1. The highest BCUT2D eigenvalue weighted by Crippen LogP contribution is 2.18. The van der Waals surface area contributed by atoms with E-state index in [1.165, 1.54) is 24.5 Å². The SMILES string of the molecule is NS(=O)(=O)c1ccc(NC(=O)c2ccncc2)c(F)c1. The topological polar surface area (TPSA) is 102 Å². The molecule has 8 heteroatoms. The fourth-order valence-electron chi connectivity index (χ4n) is 1.47. The molecule has 1 aromatic carbocycles. The number of aromatic nitrogens is 1. The lowest BCUT2D eigenvalue weighted by Crippen LogP contribution is -2.15. The van der Waals surface area contributed by atoms with Crippen molar-refractivity contribution in [3.05, 3.63) is 54.1 Å². The summed E-state index contributed by atoms with van der Waals surface area (Å²) < 4.78 is 35.8. The van der Waals surface area contributed by atoms with Gasteiger partial charge in [-0.2, -0.15) is 0 Å². The van der Waals surface area contributed by atoms with Crippen LogP contribution in [0.2, 0.25) is 0 Å². The number of halogens is 1. The second kappa shape index (κ2) is 5.35. The summed E-state index contributed by atoms with van der Waals surface area (Å²) in [6.07, 6.45) is 2.85. The minimum atomic E-state index is -3.98. The first-order valence-electron chi connectivity index (χ1n) is 5.41. The van der Waals surface area contributed by atoms with E-state index in [1.54, 1.807) is 0 Å². The summed E-state index contributed by atoms with van der Waals surface area (Å²) in [5.74, 6) is -1.42. The van der Waals surface area contributed by atoms with Crippen LogP contribution in [0.4, 0.5) is 10.1 Å². The summed E-state index contributed by atoms with van der Waals surface area (Å²) in [5.41, 5.74) is 0.161. The number of nitrogens with zero attached hydrogens (tertiary/aromatic N) is 1. The molecule has 104 valence electrons. The highest BCUT2D eigenvalue weighted by Gasteiger charge is 2.13. The van der Waals surface area contributed by atoms with Crippen molar-refractivity contribution in [3.8, 4) is 0 Å². The average Bonchev–Trinajstić information content (AvgIpc) is 2.41. The zero-order chi connectivity index (χ0) is 14.8. The van der Waals surface area contributed by atoms with E-state index in [2.05, 4.69) is 10.3 Å². The van der Waals surface area contributed by atoms with Crippen molar-refractivity contribution in [3.63, 3.8) is 0 Å². The molecule has 0 aliphatic rings. The molecule has 20 heavy (non-hydrogen) atoms. The van der Waals surface area contributed by atoms with Crippen LogP contribution in [-0.2, 0) is 10.0 Å². The minimum absolute atomic E-state index is 0.140. The van der Waals surface area contributed by atoms with E-state index in [-0.39, 0.29) is 10.6 Å². The van der Waals surface area contributed by atoms with Gasteiger partial charge in [-0.3, -0.25) is 9.78 Å². The number of nitrogens with one attached hydrogen (secondary N) is 1. The molecule has 6 nitrogen and oxygen atoms in total. The van der Waals surface area contributed by atoms with E-state index in [4.69, 9.17) is 5.14 Å². The Kier molecular flexibility index (Phi) is 3.77. The molecule has 0 unspecified atom stereocenters. The van der Waals surface area contributed by atoms with Gasteiger partial charge >= 0.3 is 0 Å². The molecule has 0 bridgehead atoms. The maximum Gasteiger partial charge on any atom is 0.255 e. The van der Waals surface area contributed by atoms with Crippen LogP contribution in [-0.4, -0.2) is 19.3 Å². The van der Waals surface area contributed by atoms with Gasteiger partial charge in [0.25, 0.3) is 5.91 Å². The number of carbonyl (C=O) groups is 1. The quantitative estimate of drug-likeness (QED) is 0.885. The van der Waals surface area contributed by atoms with E-state index >= 15 is 0 Å². The molecule has 2 aromatic rings. The third kappa shape index (κ3) is 3.16. The third-order valence-electron chi connectivity index (χ3n) is 2.46. The molecule has 3 N–H and O–H groups in total. The van der Waals surface area contributed by atoms with Crippen molar-refractivity contribution in [2.45, 2.75) is 4.90 Å². The van der Waals surface area contributed by atoms with Crippen LogP contribution in [0.3, 0.4) is 0 Å². The highest BCUT2D eigenvalue weighted by molar-refractivity contribution is 7.89. The monoisotopic (exact) mass is 295 g/mol.